The van der Waals surface area contributed by atoms with Crippen LogP contribution in [0.4, 0.5) is 0 Å². The smallest absolute Gasteiger partial charge is 0.200 e. The normalized spacial score (nSPS) is 11.1. The summed E-state index contributed by atoms with van der Waals surface area (Å²) in [5.41, 5.74) is 1.38. The van der Waals surface area contributed by atoms with Crippen LogP contribution in [0.5, 0.6) is 0 Å². The first-order chi connectivity index (χ1) is 14.0. The first-order valence-electron chi connectivity index (χ1n) is 8.70. The van der Waals surface area contributed by atoms with Gasteiger partial charge in [0.25, 0.3) is 0 Å². The number of ketones is 1. The highest BCUT2D eigenvalue weighted by molar-refractivity contribution is 9.10. The van der Waals surface area contributed by atoms with E-state index in [2.05, 4.69) is 32.7 Å². The molecule has 4 aromatic rings. The highest BCUT2D eigenvalue weighted by Crippen LogP contribution is 2.31. The van der Waals surface area contributed by atoms with Gasteiger partial charge in [-0.2, -0.15) is 0 Å². The van der Waals surface area contributed by atoms with Crippen molar-refractivity contribution in [3.8, 4) is 11.6 Å². The first-order valence-corrected chi connectivity index (χ1v) is 10.9. The minimum atomic E-state index is 0.0237. The van der Waals surface area contributed by atoms with Crippen LogP contribution in [0.25, 0.3) is 22.6 Å². The molecule has 0 radical (unpaired) electrons. The molecule has 0 atom stereocenters. The van der Waals surface area contributed by atoms with Crippen molar-refractivity contribution in [2.45, 2.75) is 11.7 Å². The molecular formula is C21H15BrClN3O2S. The number of thioether (sulfide) groups is 1. The lowest BCUT2D eigenvalue weighted by molar-refractivity contribution is 0.102. The molecule has 5 nitrogen and oxygen atoms in total. The van der Waals surface area contributed by atoms with Crippen LogP contribution in [-0.2, 0) is 6.54 Å². The number of hydrogen-bond acceptors (Lipinski definition) is 5. The van der Waals surface area contributed by atoms with E-state index in [9.17, 15) is 4.79 Å². The molecule has 0 spiro atoms. The molecule has 0 saturated carbocycles. The van der Waals surface area contributed by atoms with E-state index in [4.69, 9.17) is 16.0 Å². The summed E-state index contributed by atoms with van der Waals surface area (Å²) in [5, 5.41) is 10.7. The summed E-state index contributed by atoms with van der Waals surface area (Å²) in [6.45, 7) is 4.31. The van der Waals surface area contributed by atoms with Gasteiger partial charge in [0, 0.05) is 27.0 Å². The van der Waals surface area contributed by atoms with E-state index in [1.165, 1.54) is 11.8 Å². The number of carbonyl (C=O) groups excluding carboxylic acids is 1. The van der Waals surface area contributed by atoms with Gasteiger partial charge < -0.3 is 4.42 Å². The molecule has 0 aliphatic rings. The number of aromatic nitrogens is 3. The molecule has 0 amide bonds. The number of halogens is 2. The third-order valence-corrected chi connectivity index (χ3v) is 5.96. The lowest BCUT2D eigenvalue weighted by atomic mass is 10.2. The Hall–Kier alpha value is -2.35. The Morgan fingerprint density at radius 3 is 2.76 bits per heavy atom. The lowest BCUT2D eigenvalue weighted by Gasteiger charge is -2.06. The summed E-state index contributed by atoms with van der Waals surface area (Å²) in [6, 6.07) is 14.6. The first kappa shape index (κ1) is 19.9. The Morgan fingerprint density at radius 2 is 2.00 bits per heavy atom. The Morgan fingerprint density at radius 1 is 1.21 bits per heavy atom. The molecule has 0 saturated heterocycles. The number of carbonyl (C=O) groups is 1. The van der Waals surface area contributed by atoms with Crippen LogP contribution in [0.2, 0.25) is 5.02 Å². The Labute approximate surface area is 184 Å². The van der Waals surface area contributed by atoms with Gasteiger partial charge in [0.1, 0.15) is 5.58 Å². The van der Waals surface area contributed by atoms with Gasteiger partial charge in [-0.25, -0.2) is 0 Å². The summed E-state index contributed by atoms with van der Waals surface area (Å²) >= 11 is 10.8. The zero-order valence-corrected chi connectivity index (χ0v) is 18.3. The third kappa shape index (κ3) is 4.32. The van der Waals surface area contributed by atoms with Gasteiger partial charge in [-0.1, -0.05) is 57.5 Å². The van der Waals surface area contributed by atoms with Crippen molar-refractivity contribution < 1.29 is 9.21 Å². The average Bonchev–Trinajstić information content (AvgIpc) is 3.30. The molecule has 29 heavy (non-hydrogen) atoms. The molecular weight excluding hydrogens is 474 g/mol. The fraction of sp³-hybridized carbons (Fsp3) is 0.0952. The molecule has 0 bridgehead atoms. The van der Waals surface area contributed by atoms with Crippen LogP contribution < -0.4 is 0 Å². The molecule has 2 aromatic heterocycles. The fourth-order valence-electron chi connectivity index (χ4n) is 2.85. The number of fused-ring (bicyclic) bond motifs is 1. The van der Waals surface area contributed by atoms with E-state index in [-0.39, 0.29) is 11.5 Å². The molecule has 0 N–H and O–H groups in total. The van der Waals surface area contributed by atoms with E-state index >= 15 is 0 Å². The molecule has 4 rings (SSSR count). The maximum atomic E-state index is 12.5. The van der Waals surface area contributed by atoms with Crippen molar-refractivity contribution in [2.75, 3.05) is 5.75 Å². The molecule has 2 heterocycles. The van der Waals surface area contributed by atoms with Crippen LogP contribution in [0, 0.1) is 0 Å². The maximum Gasteiger partial charge on any atom is 0.200 e. The molecule has 8 heteroatoms. The third-order valence-electron chi connectivity index (χ3n) is 4.23. The fourth-order valence-corrected chi connectivity index (χ4v) is 4.13. The predicted molar refractivity (Wildman–Crippen MR) is 120 cm³/mol. The Bertz CT molecular complexity index is 1200. The summed E-state index contributed by atoms with van der Waals surface area (Å²) in [6.07, 6.45) is 1.76. The van der Waals surface area contributed by atoms with Gasteiger partial charge >= 0.3 is 0 Å². The van der Waals surface area contributed by atoms with Gasteiger partial charge in [0.05, 0.1) is 5.75 Å². The Kier molecular flexibility index (Phi) is 5.89. The van der Waals surface area contributed by atoms with Crippen LogP contribution >= 0.6 is 39.3 Å². The summed E-state index contributed by atoms with van der Waals surface area (Å²) < 4.78 is 8.73. The second kappa shape index (κ2) is 8.57. The van der Waals surface area contributed by atoms with E-state index in [1.54, 1.807) is 24.3 Å². The monoisotopic (exact) mass is 487 g/mol. The number of nitrogens with zero attached hydrogens (tertiary/aromatic N) is 3. The minimum absolute atomic E-state index is 0.0237. The van der Waals surface area contributed by atoms with E-state index in [0.29, 0.717) is 33.9 Å². The van der Waals surface area contributed by atoms with E-state index < -0.39 is 0 Å². The quantitative estimate of drug-likeness (QED) is 0.174. The topological polar surface area (TPSA) is 60.9 Å². The maximum absolute atomic E-state index is 12.5. The van der Waals surface area contributed by atoms with Gasteiger partial charge in [0.15, 0.2) is 16.7 Å². The standard InChI is InChI=1S/C21H15BrClN3O2S/c1-2-9-26-20(19-11-14-10-16(23)7-8-18(14)28-19)24-25-21(26)29-12-17(27)13-3-5-15(22)6-4-13/h2-8,10-11H,1,9,12H2. The van der Waals surface area contributed by atoms with E-state index in [1.807, 2.05) is 34.9 Å². The van der Waals surface area contributed by atoms with Gasteiger partial charge in [-0.05, 0) is 36.4 Å². The van der Waals surface area contributed by atoms with Crippen molar-refractivity contribution in [3.63, 3.8) is 0 Å². The number of rotatable bonds is 7. The van der Waals surface area contributed by atoms with Crippen LogP contribution in [0.3, 0.4) is 0 Å². The molecule has 146 valence electrons. The summed E-state index contributed by atoms with van der Waals surface area (Å²) in [4.78, 5) is 12.5. The SMILES string of the molecule is C=CCn1c(SCC(=O)c2ccc(Br)cc2)nnc1-c1cc2cc(Cl)ccc2o1. The van der Waals surface area contributed by atoms with Crippen LogP contribution in [-0.4, -0.2) is 26.3 Å². The molecule has 2 aromatic carbocycles. The van der Waals surface area contributed by atoms with Gasteiger partial charge in [-0.15, -0.1) is 16.8 Å². The zero-order valence-electron chi connectivity index (χ0n) is 15.1. The minimum Gasteiger partial charge on any atom is -0.453 e. The van der Waals surface area contributed by atoms with Crippen LogP contribution in [0.1, 0.15) is 10.4 Å². The summed E-state index contributed by atoms with van der Waals surface area (Å²) in [7, 11) is 0. The number of allylic oxidation sites excluding steroid dienone is 1. The molecule has 0 unspecified atom stereocenters. The number of hydrogen-bond donors (Lipinski definition) is 0. The second-order valence-electron chi connectivity index (χ2n) is 6.22. The van der Waals surface area contributed by atoms with E-state index in [0.717, 1.165) is 15.4 Å². The highest BCUT2D eigenvalue weighted by atomic mass is 79.9. The highest BCUT2D eigenvalue weighted by Gasteiger charge is 2.18. The largest absolute Gasteiger partial charge is 0.453 e. The van der Waals surface area contributed by atoms with Crippen LogP contribution in [0.15, 0.2) is 75.2 Å². The number of furan rings is 1. The lowest BCUT2D eigenvalue weighted by Crippen LogP contribution is -2.05. The van der Waals surface area contributed by atoms with Crippen molar-refractivity contribution >= 4 is 56.0 Å². The second-order valence-corrected chi connectivity index (χ2v) is 8.51. The predicted octanol–water partition coefficient (Wildman–Crippen LogP) is 6.27. The van der Waals surface area contributed by atoms with Crippen molar-refractivity contribution in [1.82, 2.24) is 14.8 Å². The van der Waals surface area contributed by atoms with Gasteiger partial charge in [0.2, 0.25) is 5.82 Å². The molecule has 0 aliphatic carbocycles. The summed E-state index contributed by atoms with van der Waals surface area (Å²) in [5.74, 6) is 1.45. The zero-order chi connectivity index (χ0) is 20.4. The average molecular weight is 489 g/mol. The van der Waals surface area contributed by atoms with Gasteiger partial charge in [-0.3, -0.25) is 9.36 Å². The molecule has 0 aliphatic heterocycles. The van der Waals surface area contributed by atoms with Crippen molar-refractivity contribution in [3.05, 3.63) is 76.2 Å². The number of Topliss-reactive ketones (excluding diaryl/α,β-unsaturated/α-hetero) is 1. The van der Waals surface area contributed by atoms with Crippen molar-refractivity contribution in [2.24, 2.45) is 0 Å². The van der Waals surface area contributed by atoms with Crippen molar-refractivity contribution in [1.29, 1.82) is 0 Å². The molecule has 0 fully saturated rings. The number of benzene rings is 2. The Balaban J connectivity index is 1.59.